The molecule has 0 saturated carbocycles. The molecule has 0 aromatic heterocycles. The molecule has 68 valence electrons. The van der Waals surface area contributed by atoms with Gasteiger partial charge in [0.15, 0.2) is 6.10 Å². The van der Waals surface area contributed by atoms with Gasteiger partial charge in [0.1, 0.15) is 0 Å². The van der Waals surface area contributed by atoms with Gasteiger partial charge in [-0.25, -0.2) is 9.59 Å². The molecule has 0 aromatic rings. The molecule has 0 fully saturated rings. The van der Waals surface area contributed by atoms with Crippen molar-refractivity contribution in [3.05, 3.63) is 12.2 Å². The molecule has 0 bridgehead atoms. The molecule has 0 amide bonds. The number of carbonyl (C=O) groups is 2. The number of esters is 1. The maximum Gasteiger partial charge on any atom is 0.335 e. The van der Waals surface area contributed by atoms with Gasteiger partial charge in [0.2, 0.25) is 0 Å². The Morgan fingerprint density at radius 3 is 2.42 bits per heavy atom. The second kappa shape index (κ2) is 4.50. The smallest absolute Gasteiger partial charge is 0.335 e. The van der Waals surface area contributed by atoms with Crippen molar-refractivity contribution >= 4 is 11.9 Å². The van der Waals surface area contributed by atoms with E-state index < -0.39 is 18.0 Å². The lowest BCUT2D eigenvalue weighted by Gasteiger charge is -2.06. The van der Waals surface area contributed by atoms with E-state index in [1.54, 1.807) is 0 Å². The van der Waals surface area contributed by atoms with E-state index in [-0.39, 0.29) is 12.0 Å². The highest BCUT2D eigenvalue weighted by Gasteiger charge is 2.18. The number of aliphatic hydroxyl groups is 1. The minimum Gasteiger partial charge on any atom is -0.478 e. The fourth-order valence-corrected chi connectivity index (χ4v) is 0.540. The van der Waals surface area contributed by atoms with Gasteiger partial charge < -0.3 is 14.9 Å². The molecule has 5 heteroatoms. The lowest BCUT2D eigenvalue weighted by molar-refractivity contribution is -0.150. The molecule has 0 aliphatic rings. The monoisotopic (exact) mass is 174 g/mol. The first-order chi connectivity index (χ1) is 5.49. The summed E-state index contributed by atoms with van der Waals surface area (Å²) in [6.07, 6.45) is -1.76. The molecule has 0 aliphatic carbocycles. The standard InChI is InChI=1S/C7H10O5/c1-4(6(9)10)3-5(8)7(11)12-2/h5,8H,1,3H2,2H3,(H,9,10). The van der Waals surface area contributed by atoms with E-state index in [9.17, 15) is 9.59 Å². The van der Waals surface area contributed by atoms with Crippen molar-refractivity contribution in [1.82, 2.24) is 0 Å². The van der Waals surface area contributed by atoms with Crippen LogP contribution in [-0.4, -0.2) is 35.4 Å². The van der Waals surface area contributed by atoms with Crippen LogP contribution in [0.25, 0.3) is 0 Å². The van der Waals surface area contributed by atoms with Crippen LogP contribution in [0.5, 0.6) is 0 Å². The molecule has 0 radical (unpaired) electrons. The van der Waals surface area contributed by atoms with Crippen LogP contribution < -0.4 is 0 Å². The molecule has 12 heavy (non-hydrogen) atoms. The van der Waals surface area contributed by atoms with Gasteiger partial charge in [0, 0.05) is 12.0 Å². The first-order valence-corrected chi connectivity index (χ1v) is 3.16. The molecule has 0 saturated heterocycles. The van der Waals surface area contributed by atoms with Crippen LogP contribution in [0.1, 0.15) is 6.42 Å². The number of rotatable bonds is 4. The number of aliphatic hydroxyl groups excluding tert-OH is 1. The Labute approximate surface area is 69.3 Å². The third-order valence-corrected chi connectivity index (χ3v) is 1.22. The predicted molar refractivity (Wildman–Crippen MR) is 39.4 cm³/mol. The Morgan fingerprint density at radius 2 is 2.08 bits per heavy atom. The molecule has 0 heterocycles. The number of aliphatic carboxylic acids is 1. The average Bonchev–Trinajstić information content (AvgIpc) is 2.02. The average molecular weight is 174 g/mol. The lowest BCUT2D eigenvalue weighted by Crippen LogP contribution is -2.23. The summed E-state index contributed by atoms with van der Waals surface area (Å²) in [7, 11) is 1.11. The normalized spacial score (nSPS) is 11.8. The Hall–Kier alpha value is -1.36. The second-order valence-electron chi connectivity index (χ2n) is 2.15. The van der Waals surface area contributed by atoms with E-state index >= 15 is 0 Å². The highest BCUT2D eigenvalue weighted by atomic mass is 16.5. The predicted octanol–water partition coefficient (Wildman–Crippen LogP) is -0.449. The van der Waals surface area contributed by atoms with Crippen LogP contribution in [0.4, 0.5) is 0 Å². The molecule has 1 unspecified atom stereocenters. The van der Waals surface area contributed by atoms with Crippen molar-refractivity contribution in [1.29, 1.82) is 0 Å². The maximum atomic E-state index is 10.6. The fourth-order valence-electron chi connectivity index (χ4n) is 0.540. The minimum atomic E-state index is -1.45. The zero-order valence-electron chi connectivity index (χ0n) is 6.61. The fraction of sp³-hybridized carbons (Fsp3) is 0.429. The first kappa shape index (κ1) is 10.6. The van der Waals surface area contributed by atoms with Crippen LogP contribution in [0, 0.1) is 0 Å². The number of carbonyl (C=O) groups excluding carboxylic acids is 1. The minimum absolute atomic E-state index is 0.229. The molecule has 2 N–H and O–H groups in total. The van der Waals surface area contributed by atoms with Gasteiger partial charge in [-0.3, -0.25) is 0 Å². The number of carboxylic acids is 1. The van der Waals surface area contributed by atoms with E-state index in [1.807, 2.05) is 0 Å². The summed E-state index contributed by atoms with van der Waals surface area (Å²) < 4.78 is 4.17. The van der Waals surface area contributed by atoms with Crippen molar-refractivity contribution in [3.8, 4) is 0 Å². The van der Waals surface area contributed by atoms with E-state index in [2.05, 4.69) is 11.3 Å². The highest BCUT2D eigenvalue weighted by Crippen LogP contribution is 2.04. The molecule has 5 nitrogen and oxygen atoms in total. The van der Waals surface area contributed by atoms with Crippen LogP contribution in [0.15, 0.2) is 12.2 Å². The van der Waals surface area contributed by atoms with E-state index in [4.69, 9.17) is 10.2 Å². The van der Waals surface area contributed by atoms with Crippen LogP contribution in [0.2, 0.25) is 0 Å². The molecule has 0 rings (SSSR count). The summed E-state index contributed by atoms with van der Waals surface area (Å²) in [5.74, 6) is -2.10. The summed E-state index contributed by atoms with van der Waals surface area (Å²) in [6.45, 7) is 3.14. The lowest BCUT2D eigenvalue weighted by atomic mass is 10.1. The zero-order chi connectivity index (χ0) is 9.72. The molecule has 0 spiro atoms. The van der Waals surface area contributed by atoms with Gasteiger partial charge in [-0.2, -0.15) is 0 Å². The third kappa shape index (κ3) is 3.16. The van der Waals surface area contributed by atoms with Crippen LogP contribution in [-0.2, 0) is 14.3 Å². The molecule has 1 atom stereocenters. The Bertz CT molecular complexity index is 208. The molecule has 0 aliphatic heterocycles. The summed E-state index contributed by atoms with van der Waals surface area (Å²) in [5.41, 5.74) is -0.229. The topological polar surface area (TPSA) is 83.8 Å². The van der Waals surface area contributed by atoms with Crippen molar-refractivity contribution in [2.24, 2.45) is 0 Å². The van der Waals surface area contributed by atoms with Gasteiger partial charge in [-0.05, 0) is 0 Å². The summed E-state index contributed by atoms with van der Waals surface area (Å²) in [4.78, 5) is 20.7. The number of ether oxygens (including phenoxy) is 1. The zero-order valence-corrected chi connectivity index (χ0v) is 6.61. The van der Waals surface area contributed by atoms with E-state index in [0.29, 0.717) is 0 Å². The SMILES string of the molecule is C=C(CC(O)C(=O)OC)C(=O)O. The van der Waals surface area contributed by atoms with E-state index in [0.717, 1.165) is 7.11 Å². The summed E-state index contributed by atoms with van der Waals surface area (Å²) in [5, 5.41) is 17.3. The third-order valence-electron chi connectivity index (χ3n) is 1.22. The van der Waals surface area contributed by atoms with Gasteiger partial charge in [0.05, 0.1) is 7.11 Å². The molecular weight excluding hydrogens is 164 g/mol. The van der Waals surface area contributed by atoms with Gasteiger partial charge in [0.25, 0.3) is 0 Å². The Kier molecular flexibility index (Phi) is 3.99. The number of hydrogen-bond donors (Lipinski definition) is 2. The first-order valence-electron chi connectivity index (χ1n) is 3.16. The number of methoxy groups -OCH3 is 1. The molecule has 0 aromatic carbocycles. The van der Waals surface area contributed by atoms with Crippen LogP contribution >= 0.6 is 0 Å². The maximum absolute atomic E-state index is 10.6. The number of carboxylic acid groups (broad SMARTS) is 1. The second-order valence-corrected chi connectivity index (χ2v) is 2.15. The van der Waals surface area contributed by atoms with E-state index in [1.165, 1.54) is 0 Å². The molecular formula is C7H10O5. The largest absolute Gasteiger partial charge is 0.478 e. The van der Waals surface area contributed by atoms with Gasteiger partial charge >= 0.3 is 11.9 Å². The van der Waals surface area contributed by atoms with Crippen molar-refractivity contribution < 1.29 is 24.5 Å². The summed E-state index contributed by atoms with van der Waals surface area (Å²) >= 11 is 0. The quantitative estimate of drug-likeness (QED) is 0.445. The van der Waals surface area contributed by atoms with Gasteiger partial charge in [-0.15, -0.1) is 0 Å². The van der Waals surface area contributed by atoms with Gasteiger partial charge in [-0.1, -0.05) is 6.58 Å². The van der Waals surface area contributed by atoms with Crippen LogP contribution in [0.3, 0.4) is 0 Å². The Morgan fingerprint density at radius 1 is 1.58 bits per heavy atom. The Balaban J connectivity index is 4.01. The summed E-state index contributed by atoms with van der Waals surface area (Å²) in [6, 6.07) is 0. The van der Waals surface area contributed by atoms with Crippen molar-refractivity contribution in [2.75, 3.05) is 7.11 Å². The highest BCUT2D eigenvalue weighted by molar-refractivity contribution is 5.87. The number of hydrogen-bond acceptors (Lipinski definition) is 4. The van der Waals surface area contributed by atoms with Crippen molar-refractivity contribution in [2.45, 2.75) is 12.5 Å². The van der Waals surface area contributed by atoms with Crippen molar-refractivity contribution in [3.63, 3.8) is 0 Å².